The van der Waals surface area contributed by atoms with Crippen LogP contribution in [-0.2, 0) is 24.3 Å². The third-order valence-corrected chi connectivity index (χ3v) is 9.01. The number of hydrogen-bond donors (Lipinski definition) is 1. The van der Waals surface area contributed by atoms with E-state index in [4.69, 9.17) is 19.4 Å². The first-order valence-electron chi connectivity index (χ1n) is 14.7. The SMILES string of the molecule is CN1CCC[C@H]1C1(Oc2nc3c(c(N4CCN(C(=O)OCc5ccccc5)[C@@H](CC#N)C4)n2)CCN(C(=O)O)C3)CC1. The van der Waals surface area contributed by atoms with Gasteiger partial charge in [0.25, 0.3) is 0 Å². The lowest BCUT2D eigenvalue weighted by atomic mass is 10.0. The molecule has 3 fully saturated rings. The number of amides is 2. The Hall–Kier alpha value is -4.11. The number of piperazine rings is 1. The molecule has 0 bridgehead atoms. The fourth-order valence-corrected chi connectivity index (χ4v) is 6.61. The zero-order valence-corrected chi connectivity index (χ0v) is 23.9. The zero-order chi connectivity index (χ0) is 29.3. The minimum absolute atomic E-state index is 0.150. The van der Waals surface area contributed by atoms with Crippen molar-refractivity contribution >= 4 is 18.0 Å². The molecule has 0 radical (unpaired) electrons. The molecular weight excluding hydrogens is 538 g/mol. The molecule has 42 heavy (non-hydrogen) atoms. The van der Waals surface area contributed by atoms with Crippen LogP contribution in [0.25, 0.3) is 0 Å². The molecule has 2 amide bonds. The van der Waals surface area contributed by atoms with Gasteiger partial charge in [0.15, 0.2) is 0 Å². The minimum atomic E-state index is -0.980. The van der Waals surface area contributed by atoms with Crippen LogP contribution in [-0.4, -0.2) is 99.4 Å². The largest absolute Gasteiger partial charge is 0.465 e. The van der Waals surface area contributed by atoms with Crippen LogP contribution in [0.3, 0.4) is 0 Å². The standard InChI is InChI=1S/C30H37N7O5/c1-34-14-5-8-25(34)30(11-12-30)42-27-32-24-19-36(28(38)39)15-10-23(24)26(33-27)35-16-17-37(22(18-35)9-13-31)29(40)41-20-21-6-3-2-4-7-21/h2-4,6-7,22,25H,5,8-12,14-20H2,1H3,(H,38,39)/t22-,25-/m0/s1. The van der Waals surface area contributed by atoms with Crippen molar-refractivity contribution in [2.75, 3.05) is 44.7 Å². The van der Waals surface area contributed by atoms with Crippen molar-refractivity contribution in [3.63, 3.8) is 0 Å². The van der Waals surface area contributed by atoms with Crippen molar-refractivity contribution < 1.29 is 24.2 Å². The molecule has 222 valence electrons. The molecule has 1 saturated carbocycles. The number of carboxylic acid groups (broad SMARTS) is 1. The average molecular weight is 576 g/mol. The lowest BCUT2D eigenvalue weighted by Gasteiger charge is -2.41. The minimum Gasteiger partial charge on any atom is -0.465 e. The van der Waals surface area contributed by atoms with Gasteiger partial charge in [-0.1, -0.05) is 30.3 Å². The molecule has 2 atom stereocenters. The fraction of sp³-hybridized carbons (Fsp3) is 0.567. The molecule has 1 aromatic heterocycles. The van der Waals surface area contributed by atoms with Crippen molar-refractivity contribution in [2.24, 2.45) is 0 Å². The first-order valence-corrected chi connectivity index (χ1v) is 14.7. The molecule has 3 aliphatic heterocycles. The maximum absolute atomic E-state index is 13.1. The fourth-order valence-electron chi connectivity index (χ4n) is 6.61. The van der Waals surface area contributed by atoms with E-state index in [0.29, 0.717) is 50.2 Å². The van der Waals surface area contributed by atoms with Gasteiger partial charge in [-0.25, -0.2) is 9.59 Å². The highest BCUT2D eigenvalue weighted by Gasteiger charge is 2.55. The molecule has 4 aliphatic rings. The van der Waals surface area contributed by atoms with Crippen LogP contribution in [0.15, 0.2) is 30.3 Å². The van der Waals surface area contributed by atoms with Gasteiger partial charge in [-0.3, -0.25) is 4.90 Å². The lowest BCUT2D eigenvalue weighted by molar-refractivity contribution is 0.0738. The van der Waals surface area contributed by atoms with Crippen LogP contribution in [0.4, 0.5) is 15.4 Å². The lowest BCUT2D eigenvalue weighted by Crippen LogP contribution is -2.56. The van der Waals surface area contributed by atoms with Gasteiger partial charge in [-0.05, 0) is 51.3 Å². The molecule has 1 aromatic carbocycles. The number of benzene rings is 1. The molecule has 2 aromatic rings. The van der Waals surface area contributed by atoms with Gasteiger partial charge in [-0.15, -0.1) is 0 Å². The third kappa shape index (κ3) is 5.66. The Morgan fingerprint density at radius 1 is 1.14 bits per heavy atom. The topological polar surface area (TPSA) is 135 Å². The summed E-state index contributed by atoms with van der Waals surface area (Å²) in [5, 5.41) is 19.3. The van der Waals surface area contributed by atoms with Crippen molar-refractivity contribution in [3.05, 3.63) is 47.2 Å². The summed E-state index contributed by atoms with van der Waals surface area (Å²) in [6, 6.07) is 11.9. The van der Waals surface area contributed by atoms with Gasteiger partial charge >= 0.3 is 18.2 Å². The number of likely N-dealkylation sites (N-methyl/N-ethyl adjacent to an activating group) is 1. The van der Waals surface area contributed by atoms with Gasteiger partial charge in [0.2, 0.25) is 0 Å². The monoisotopic (exact) mass is 575 g/mol. The highest BCUT2D eigenvalue weighted by atomic mass is 16.6. The van der Waals surface area contributed by atoms with Crippen LogP contribution in [0, 0.1) is 11.3 Å². The van der Waals surface area contributed by atoms with Crippen molar-refractivity contribution in [1.82, 2.24) is 24.7 Å². The molecule has 12 heteroatoms. The number of aromatic nitrogens is 2. The number of anilines is 1. The number of rotatable bonds is 7. The quantitative estimate of drug-likeness (QED) is 0.524. The Morgan fingerprint density at radius 2 is 1.95 bits per heavy atom. The van der Waals surface area contributed by atoms with Crippen LogP contribution in [0.1, 0.15) is 48.9 Å². The summed E-state index contributed by atoms with van der Waals surface area (Å²) in [4.78, 5) is 42.0. The van der Waals surface area contributed by atoms with Gasteiger partial charge in [-0.2, -0.15) is 15.2 Å². The van der Waals surface area contributed by atoms with Crippen LogP contribution in [0.5, 0.6) is 6.01 Å². The predicted molar refractivity (Wildman–Crippen MR) is 152 cm³/mol. The van der Waals surface area contributed by atoms with Crippen molar-refractivity contribution in [3.8, 4) is 12.1 Å². The number of ether oxygens (including phenoxy) is 2. The average Bonchev–Trinajstić information content (AvgIpc) is 3.64. The van der Waals surface area contributed by atoms with E-state index < -0.39 is 12.2 Å². The summed E-state index contributed by atoms with van der Waals surface area (Å²) >= 11 is 0. The second-order valence-electron chi connectivity index (χ2n) is 11.7. The van der Waals surface area contributed by atoms with E-state index in [1.54, 1.807) is 4.90 Å². The van der Waals surface area contributed by atoms with Gasteiger partial charge in [0, 0.05) is 37.8 Å². The summed E-state index contributed by atoms with van der Waals surface area (Å²) in [5.41, 5.74) is 2.14. The van der Waals surface area contributed by atoms with Crippen LogP contribution in [0.2, 0.25) is 0 Å². The number of nitrogens with zero attached hydrogens (tertiary/aromatic N) is 7. The first kappa shape index (κ1) is 28.0. The van der Waals surface area contributed by atoms with Gasteiger partial charge in [0.1, 0.15) is 18.0 Å². The molecule has 2 saturated heterocycles. The summed E-state index contributed by atoms with van der Waals surface area (Å²) < 4.78 is 12.2. The maximum Gasteiger partial charge on any atom is 0.410 e. The molecule has 1 aliphatic carbocycles. The Balaban J connectivity index is 1.24. The number of carbonyl (C=O) groups is 2. The number of nitriles is 1. The maximum atomic E-state index is 13.1. The molecular formula is C30H37N7O5. The normalized spacial score (nSPS) is 23.2. The van der Waals surface area contributed by atoms with E-state index in [9.17, 15) is 20.0 Å². The summed E-state index contributed by atoms with van der Waals surface area (Å²) in [5.74, 6) is 0.704. The van der Waals surface area contributed by atoms with E-state index in [1.165, 1.54) is 4.90 Å². The smallest absolute Gasteiger partial charge is 0.410 e. The predicted octanol–water partition coefficient (Wildman–Crippen LogP) is 3.26. The van der Waals surface area contributed by atoms with E-state index in [0.717, 1.165) is 43.4 Å². The molecule has 6 rings (SSSR count). The van der Waals surface area contributed by atoms with Crippen LogP contribution < -0.4 is 9.64 Å². The van der Waals surface area contributed by atoms with Gasteiger partial charge in [0.05, 0.1) is 30.8 Å². The van der Waals surface area contributed by atoms with E-state index >= 15 is 0 Å². The summed E-state index contributed by atoms with van der Waals surface area (Å²) in [7, 11) is 2.13. The number of fused-ring (bicyclic) bond motifs is 1. The third-order valence-electron chi connectivity index (χ3n) is 9.01. The van der Waals surface area contributed by atoms with E-state index in [1.807, 2.05) is 30.3 Å². The van der Waals surface area contributed by atoms with Crippen molar-refractivity contribution in [1.29, 1.82) is 5.26 Å². The first-order chi connectivity index (χ1) is 20.4. The number of likely N-dealkylation sites (tertiary alicyclic amines) is 1. The Kier molecular flexibility index (Phi) is 7.77. The number of carbonyl (C=O) groups excluding carboxylic acids is 1. The Bertz CT molecular complexity index is 1360. The van der Waals surface area contributed by atoms with Crippen molar-refractivity contribution in [2.45, 2.75) is 69.4 Å². The highest BCUT2D eigenvalue weighted by molar-refractivity contribution is 5.69. The molecule has 1 N–H and O–H groups in total. The summed E-state index contributed by atoms with van der Waals surface area (Å²) in [6.45, 7) is 2.98. The molecule has 0 unspecified atom stereocenters. The summed E-state index contributed by atoms with van der Waals surface area (Å²) in [6.07, 6.45) is 3.29. The van der Waals surface area contributed by atoms with E-state index in [2.05, 4.69) is 22.9 Å². The second-order valence-corrected chi connectivity index (χ2v) is 11.7. The molecule has 0 spiro atoms. The number of hydrogen-bond acceptors (Lipinski definition) is 9. The Labute approximate surface area is 245 Å². The molecule has 12 nitrogen and oxygen atoms in total. The van der Waals surface area contributed by atoms with E-state index in [-0.39, 0.29) is 37.2 Å². The molecule has 4 heterocycles. The highest BCUT2D eigenvalue weighted by Crippen LogP contribution is 2.47. The van der Waals surface area contributed by atoms with Crippen LogP contribution >= 0.6 is 0 Å². The second kappa shape index (κ2) is 11.6. The van der Waals surface area contributed by atoms with Gasteiger partial charge < -0.3 is 29.3 Å². The Morgan fingerprint density at radius 3 is 2.64 bits per heavy atom. The zero-order valence-electron chi connectivity index (χ0n) is 23.9.